The van der Waals surface area contributed by atoms with Crippen LogP contribution >= 0.6 is 0 Å². The molecule has 1 aliphatic carbocycles. The molecular formula is C25H32N2O3S. The third-order valence-corrected chi connectivity index (χ3v) is 8.52. The number of carbonyl (C=O) groups excluding carboxylic acids is 1. The van der Waals surface area contributed by atoms with E-state index >= 15 is 0 Å². The van der Waals surface area contributed by atoms with Gasteiger partial charge in [0.05, 0.1) is 10.9 Å². The summed E-state index contributed by atoms with van der Waals surface area (Å²) in [6.45, 7) is 4.92. The summed E-state index contributed by atoms with van der Waals surface area (Å²) >= 11 is 0. The standard InChI is InChI=1S/C25H32N2O3S/c1-18-10-13-23(31(29,30)27-14-6-3-7-15-27)17-24(18)25(28)26-19(2)21-12-11-20-8-4-5-9-22(20)16-21/h10-13,16-17,19H,3-9,14-15H2,1-2H3,(H,26,28)/t19-/m1/s1. The molecule has 5 nitrogen and oxygen atoms in total. The van der Waals surface area contributed by atoms with E-state index in [-0.39, 0.29) is 16.8 Å². The molecule has 1 aliphatic heterocycles. The lowest BCUT2D eigenvalue weighted by atomic mass is 9.89. The molecule has 1 heterocycles. The second kappa shape index (κ2) is 9.13. The van der Waals surface area contributed by atoms with Crippen LogP contribution in [0.1, 0.15) is 77.7 Å². The number of hydrogen-bond acceptors (Lipinski definition) is 3. The number of sulfonamides is 1. The highest BCUT2D eigenvalue weighted by Gasteiger charge is 2.27. The Morgan fingerprint density at radius 1 is 0.935 bits per heavy atom. The van der Waals surface area contributed by atoms with Crippen LogP contribution in [0.5, 0.6) is 0 Å². The molecule has 1 N–H and O–H groups in total. The molecule has 0 saturated carbocycles. The first-order valence-electron chi connectivity index (χ1n) is 11.4. The number of hydrogen-bond donors (Lipinski definition) is 1. The summed E-state index contributed by atoms with van der Waals surface area (Å²) in [4.78, 5) is 13.3. The van der Waals surface area contributed by atoms with Crippen LogP contribution in [-0.4, -0.2) is 31.7 Å². The Kier molecular flexibility index (Phi) is 6.49. The number of benzene rings is 2. The van der Waals surface area contributed by atoms with Crippen molar-refractivity contribution in [2.24, 2.45) is 0 Å². The first kappa shape index (κ1) is 22.0. The summed E-state index contributed by atoms with van der Waals surface area (Å²) in [6, 6.07) is 11.2. The number of carbonyl (C=O) groups is 1. The van der Waals surface area contributed by atoms with Crippen molar-refractivity contribution >= 4 is 15.9 Å². The van der Waals surface area contributed by atoms with E-state index < -0.39 is 10.0 Å². The Hall–Kier alpha value is -2.18. The van der Waals surface area contributed by atoms with Gasteiger partial charge >= 0.3 is 0 Å². The molecule has 2 aromatic carbocycles. The van der Waals surface area contributed by atoms with Crippen molar-refractivity contribution in [2.45, 2.75) is 69.7 Å². The lowest BCUT2D eigenvalue weighted by Crippen LogP contribution is -2.35. The van der Waals surface area contributed by atoms with Crippen LogP contribution in [0.25, 0.3) is 0 Å². The zero-order chi connectivity index (χ0) is 22.0. The van der Waals surface area contributed by atoms with E-state index in [1.165, 1.54) is 30.0 Å². The monoisotopic (exact) mass is 440 g/mol. The van der Waals surface area contributed by atoms with Crippen LogP contribution in [0.2, 0.25) is 0 Å². The van der Waals surface area contributed by atoms with Gasteiger partial charge in [0.2, 0.25) is 10.0 Å². The van der Waals surface area contributed by atoms with Gasteiger partial charge < -0.3 is 5.32 Å². The summed E-state index contributed by atoms with van der Waals surface area (Å²) in [5.41, 5.74) is 5.08. The molecule has 31 heavy (non-hydrogen) atoms. The Bertz CT molecular complexity index is 1070. The number of rotatable bonds is 5. The van der Waals surface area contributed by atoms with E-state index in [0.717, 1.165) is 43.2 Å². The third kappa shape index (κ3) is 4.70. The first-order valence-corrected chi connectivity index (χ1v) is 12.8. The van der Waals surface area contributed by atoms with Crippen molar-refractivity contribution in [3.05, 3.63) is 64.2 Å². The van der Waals surface area contributed by atoms with E-state index in [1.54, 1.807) is 16.4 Å². The van der Waals surface area contributed by atoms with Gasteiger partial charge in [-0.2, -0.15) is 4.31 Å². The maximum Gasteiger partial charge on any atom is 0.252 e. The molecule has 1 saturated heterocycles. The summed E-state index contributed by atoms with van der Waals surface area (Å²) in [7, 11) is -3.57. The molecule has 6 heteroatoms. The molecule has 166 valence electrons. The minimum absolute atomic E-state index is 0.151. The number of piperidine rings is 1. The molecule has 0 aromatic heterocycles. The average Bonchev–Trinajstić information content (AvgIpc) is 2.79. The number of aryl methyl sites for hydroxylation is 3. The highest BCUT2D eigenvalue weighted by atomic mass is 32.2. The summed E-state index contributed by atoms with van der Waals surface area (Å²) in [5, 5.41) is 3.07. The fourth-order valence-electron chi connectivity index (χ4n) is 4.64. The quantitative estimate of drug-likeness (QED) is 0.742. The third-order valence-electron chi connectivity index (χ3n) is 6.63. The van der Waals surface area contributed by atoms with Crippen molar-refractivity contribution in [2.75, 3.05) is 13.1 Å². The predicted molar refractivity (Wildman–Crippen MR) is 123 cm³/mol. The van der Waals surface area contributed by atoms with Gasteiger partial charge in [-0.3, -0.25) is 4.79 Å². The zero-order valence-corrected chi connectivity index (χ0v) is 19.3. The molecule has 4 rings (SSSR count). The van der Waals surface area contributed by atoms with Crippen molar-refractivity contribution < 1.29 is 13.2 Å². The van der Waals surface area contributed by atoms with Crippen LogP contribution in [0.15, 0.2) is 41.3 Å². The second-order valence-corrected chi connectivity index (χ2v) is 10.8. The van der Waals surface area contributed by atoms with Gasteiger partial charge in [0.1, 0.15) is 0 Å². The molecule has 0 unspecified atom stereocenters. The Morgan fingerprint density at radius 2 is 1.65 bits per heavy atom. The molecule has 1 amide bonds. The van der Waals surface area contributed by atoms with Crippen molar-refractivity contribution in [3.63, 3.8) is 0 Å². The molecule has 1 fully saturated rings. The van der Waals surface area contributed by atoms with Crippen LogP contribution in [0, 0.1) is 6.92 Å². The minimum Gasteiger partial charge on any atom is -0.346 e. The summed E-state index contributed by atoms with van der Waals surface area (Å²) in [6.07, 6.45) is 7.53. The molecule has 1 atom stereocenters. The fraction of sp³-hybridized carbons (Fsp3) is 0.480. The summed E-state index contributed by atoms with van der Waals surface area (Å²) in [5.74, 6) is -0.238. The normalized spacial score (nSPS) is 18.3. The number of nitrogens with one attached hydrogen (secondary N) is 1. The van der Waals surface area contributed by atoms with Crippen molar-refractivity contribution in [1.82, 2.24) is 9.62 Å². The number of nitrogens with zero attached hydrogens (tertiary/aromatic N) is 1. The van der Waals surface area contributed by atoms with Crippen LogP contribution in [0.3, 0.4) is 0 Å². The van der Waals surface area contributed by atoms with Gasteiger partial charge in [0.25, 0.3) is 5.91 Å². The van der Waals surface area contributed by atoms with Crippen LogP contribution in [-0.2, 0) is 22.9 Å². The second-order valence-electron chi connectivity index (χ2n) is 8.87. The van der Waals surface area contributed by atoms with Crippen LogP contribution in [0.4, 0.5) is 0 Å². The number of fused-ring (bicyclic) bond motifs is 1. The lowest BCUT2D eigenvalue weighted by molar-refractivity contribution is 0.0939. The van der Waals surface area contributed by atoms with E-state index in [0.29, 0.717) is 18.7 Å². The van der Waals surface area contributed by atoms with Gasteiger partial charge in [-0.1, -0.05) is 30.7 Å². The van der Waals surface area contributed by atoms with Crippen LogP contribution < -0.4 is 5.32 Å². The Balaban J connectivity index is 1.53. The van der Waals surface area contributed by atoms with Gasteiger partial charge in [-0.15, -0.1) is 0 Å². The fourth-order valence-corrected chi connectivity index (χ4v) is 6.18. The maximum absolute atomic E-state index is 13.1. The largest absolute Gasteiger partial charge is 0.346 e. The first-order chi connectivity index (χ1) is 14.9. The van der Waals surface area contributed by atoms with E-state index in [9.17, 15) is 13.2 Å². The van der Waals surface area contributed by atoms with E-state index in [2.05, 4.69) is 23.5 Å². The predicted octanol–water partition coefficient (Wildman–Crippen LogP) is 4.54. The molecular weight excluding hydrogens is 408 g/mol. The maximum atomic E-state index is 13.1. The molecule has 0 bridgehead atoms. The highest BCUT2D eigenvalue weighted by molar-refractivity contribution is 7.89. The smallest absolute Gasteiger partial charge is 0.252 e. The summed E-state index contributed by atoms with van der Waals surface area (Å²) < 4.78 is 27.6. The average molecular weight is 441 g/mol. The van der Waals surface area contributed by atoms with Crippen molar-refractivity contribution in [1.29, 1.82) is 0 Å². The molecule has 2 aliphatic rings. The Labute approximate surface area is 185 Å². The highest BCUT2D eigenvalue weighted by Crippen LogP contribution is 2.26. The van der Waals surface area contributed by atoms with Crippen molar-refractivity contribution in [3.8, 4) is 0 Å². The van der Waals surface area contributed by atoms with E-state index in [1.807, 2.05) is 13.8 Å². The Morgan fingerprint density at radius 3 is 2.39 bits per heavy atom. The number of amides is 1. The van der Waals surface area contributed by atoms with Gasteiger partial charge in [-0.25, -0.2) is 8.42 Å². The van der Waals surface area contributed by atoms with E-state index in [4.69, 9.17) is 0 Å². The topological polar surface area (TPSA) is 66.5 Å². The SMILES string of the molecule is Cc1ccc(S(=O)(=O)N2CCCCC2)cc1C(=O)N[C@H](C)c1ccc2c(c1)CCCC2. The molecule has 0 radical (unpaired) electrons. The zero-order valence-electron chi connectivity index (χ0n) is 18.5. The minimum atomic E-state index is -3.57. The van der Waals surface area contributed by atoms with Gasteiger partial charge in [0.15, 0.2) is 0 Å². The molecule has 2 aromatic rings. The van der Waals surface area contributed by atoms with Gasteiger partial charge in [-0.05, 0) is 86.8 Å². The molecule has 0 spiro atoms. The van der Waals surface area contributed by atoms with Gasteiger partial charge in [0, 0.05) is 18.7 Å². The lowest BCUT2D eigenvalue weighted by Gasteiger charge is -2.26.